The van der Waals surface area contributed by atoms with Crippen LogP contribution in [-0.4, -0.2) is 26.4 Å². The zero-order valence-electron chi connectivity index (χ0n) is 8.94. The van der Waals surface area contributed by atoms with Crippen LogP contribution in [0, 0.1) is 0 Å². The van der Waals surface area contributed by atoms with E-state index in [1.165, 1.54) is 0 Å². The molecule has 0 saturated carbocycles. The highest BCUT2D eigenvalue weighted by molar-refractivity contribution is 6.35. The fraction of sp³-hybridized carbons (Fsp3) is 0.500. The molecule has 0 amide bonds. The van der Waals surface area contributed by atoms with Gasteiger partial charge in [0.05, 0.1) is 11.6 Å². The van der Waals surface area contributed by atoms with Crippen molar-refractivity contribution < 1.29 is 4.74 Å². The van der Waals surface area contributed by atoms with E-state index >= 15 is 0 Å². The first-order valence-electron chi connectivity index (χ1n) is 5.43. The van der Waals surface area contributed by atoms with Crippen molar-refractivity contribution >= 4 is 34.2 Å². The maximum absolute atomic E-state index is 5.98. The Morgan fingerprint density at radius 1 is 1.29 bits per heavy atom. The summed E-state index contributed by atoms with van der Waals surface area (Å²) in [5.74, 6) is 0. The number of hydrogen-bond acceptors (Lipinski definition) is 4. The highest BCUT2D eigenvalue weighted by Gasteiger charge is 2.20. The van der Waals surface area contributed by atoms with E-state index in [-0.39, 0.29) is 11.5 Å². The lowest BCUT2D eigenvalue weighted by atomic mass is 10.2. The number of rotatable bonds is 1. The van der Waals surface area contributed by atoms with Crippen LogP contribution >= 0.6 is 23.2 Å². The summed E-state index contributed by atoms with van der Waals surface area (Å²) in [5, 5.41) is 5.41. The molecule has 1 atom stereocenters. The van der Waals surface area contributed by atoms with Crippen LogP contribution in [0.4, 0.5) is 0 Å². The van der Waals surface area contributed by atoms with Crippen LogP contribution in [0.1, 0.15) is 25.5 Å². The van der Waals surface area contributed by atoms with Crippen molar-refractivity contribution in [2.24, 2.45) is 0 Å². The molecular weight excluding hydrogens is 263 g/mol. The lowest BCUT2D eigenvalue weighted by molar-refractivity contribution is -0.0370. The third kappa shape index (κ3) is 1.99. The first-order valence-corrected chi connectivity index (χ1v) is 6.19. The molecule has 5 nitrogen and oxygen atoms in total. The Morgan fingerprint density at radius 3 is 2.94 bits per heavy atom. The van der Waals surface area contributed by atoms with Crippen molar-refractivity contribution in [3.63, 3.8) is 0 Å². The minimum Gasteiger partial charge on any atom is -0.356 e. The summed E-state index contributed by atoms with van der Waals surface area (Å²) >= 11 is 11.8. The van der Waals surface area contributed by atoms with Crippen LogP contribution in [-0.2, 0) is 4.74 Å². The number of fused-ring (bicyclic) bond motifs is 1. The predicted molar refractivity (Wildman–Crippen MR) is 64.2 cm³/mol. The summed E-state index contributed by atoms with van der Waals surface area (Å²) in [5.41, 5.74) is 0.627. The number of nitrogens with zero attached hydrogens (tertiary/aromatic N) is 4. The van der Waals surface area contributed by atoms with Crippen molar-refractivity contribution in [2.75, 3.05) is 6.61 Å². The summed E-state index contributed by atoms with van der Waals surface area (Å²) in [4.78, 5) is 8.05. The van der Waals surface area contributed by atoms with Gasteiger partial charge in [-0.25, -0.2) is 9.67 Å². The third-order valence-electron chi connectivity index (χ3n) is 2.81. The predicted octanol–water partition coefficient (Wildman–Crippen LogP) is 2.83. The van der Waals surface area contributed by atoms with Crippen LogP contribution in [0.15, 0.2) is 6.20 Å². The van der Waals surface area contributed by atoms with Gasteiger partial charge in [-0.05, 0) is 30.9 Å². The van der Waals surface area contributed by atoms with Gasteiger partial charge in [0.2, 0.25) is 5.28 Å². The van der Waals surface area contributed by atoms with Crippen LogP contribution < -0.4 is 0 Å². The fourth-order valence-corrected chi connectivity index (χ4v) is 2.41. The van der Waals surface area contributed by atoms with E-state index in [2.05, 4.69) is 15.1 Å². The second kappa shape index (κ2) is 4.40. The van der Waals surface area contributed by atoms with Crippen LogP contribution in [0.3, 0.4) is 0 Å². The first kappa shape index (κ1) is 11.2. The lowest BCUT2D eigenvalue weighted by Crippen LogP contribution is -2.19. The van der Waals surface area contributed by atoms with Gasteiger partial charge in [0.1, 0.15) is 5.15 Å². The smallest absolute Gasteiger partial charge is 0.225 e. The summed E-state index contributed by atoms with van der Waals surface area (Å²) in [6.07, 6.45) is 4.70. The van der Waals surface area contributed by atoms with Crippen molar-refractivity contribution in [3.05, 3.63) is 16.6 Å². The normalized spacial score (nSPS) is 20.9. The summed E-state index contributed by atoms with van der Waals surface area (Å²) in [6.45, 7) is 0.749. The Bertz CT molecular complexity index is 550. The molecule has 90 valence electrons. The Hall–Kier alpha value is -0.910. The van der Waals surface area contributed by atoms with Crippen molar-refractivity contribution in [3.8, 4) is 0 Å². The van der Waals surface area contributed by atoms with Crippen LogP contribution in [0.2, 0.25) is 10.4 Å². The van der Waals surface area contributed by atoms with E-state index in [1.54, 1.807) is 10.9 Å². The third-order valence-corrected chi connectivity index (χ3v) is 3.27. The van der Waals surface area contributed by atoms with Crippen molar-refractivity contribution in [2.45, 2.75) is 25.5 Å². The number of ether oxygens (including phenoxy) is 1. The average molecular weight is 273 g/mol. The molecule has 0 radical (unpaired) electrons. The largest absolute Gasteiger partial charge is 0.356 e. The average Bonchev–Trinajstić information content (AvgIpc) is 2.74. The van der Waals surface area contributed by atoms with E-state index in [0.717, 1.165) is 25.9 Å². The minimum atomic E-state index is -0.0803. The van der Waals surface area contributed by atoms with E-state index in [1.807, 2.05) is 0 Å². The SMILES string of the molecule is Clc1nc(Cl)c2cnn([C@@H]3CCCCO3)c2n1. The molecule has 3 rings (SSSR count). The molecule has 7 heteroatoms. The Balaban J connectivity index is 2.10. The fourth-order valence-electron chi connectivity index (χ4n) is 1.99. The quantitative estimate of drug-likeness (QED) is 0.592. The molecule has 0 spiro atoms. The van der Waals surface area contributed by atoms with E-state index in [4.69, 9.17) is 27.9 Å². The zero-order valence-corrected chi connectivity index (χ0v) is 10.4. The lowest BCUT2D eigenvalue weighted by Gasteiger charge is -2.22. The molecule has 1 aliphatic rings. The van der Waals surface area contributed by atoms with E-state index in [9.17, 15) is 0 Å². The molecular formula is C10H10Cl2N4O. The van der Waals surface area contributed by atoms with Gasteiger partial charge in [0.25, 0.3) is 0 Å². The van der Waals surface area contributed by atoms with E-state index in [0.29, 0.717) is 16.2 Å². The topological polar surface area (TPSA) is 52.8 Å². The van der Waals surface area contributed by atoms with Gasteiger partial charge >= 0.3 is 0 Å². The zero-order chi connectivity index (χ0) is 11.8. The molecule has 0 bridgehead atoms. The first-order chi connectivity index (χ1) is 8.25. The van der Waals surface area contributed by atoms with Gasteiger partial charge in [-0.3, -0.25) is 0 Å². The molecule has 0 unspecified atom stereocenters. The van der Waals surface area contributed by atoms with Crippen LogP contribution in [0.25, 0.3) is 11.0 Å². The molecule has 17 heavy (non-hydrogen) atoms. The van der Waals surface area contributed by atoms with E-state index < -0.39 is 0 Å². The van der Waals surface area contributed by atoms with Gasteiger partial charge in [-0.1, -0.05) is 11.6 Å². The molecule has 2 aromatic rings. The Morgan fingerprint density at radius 2 is 2.18 bits per heavy atom. The summed E-state index contributed by atoms with van der Waals surface area (Å²) in [6, 6.07) is 0. The second-order valence-corrected chi connectivity index (χ2v) is 4.63. The molecule has 0 aromatic carbocycles. The number of hydrogen-bond donors (Lipinski definition) is 0. The number of aromatic nitrogens is 4. The molecule has 1 saturated heterocycles. The van der Waals surface area contributed by atoms with Crippen molar-refractivity contribution in [1.29, 1.82) is 0 Å². The molecule has 1 fully saturated rings. The van der Waals surface area contributed by atoms with Crippen molar-refractivity contribution in [1.82, 2.24) is 19.7 Å². The van der Waals surface area contributed by atoms with Gasteiger partial charge in [-0.2, -0.15) is 10.1 Å². The molecule has 0 aliphatic carbocycles. The highest BCUT2D eigenvalue weighted by Crippen LogP contribution is 2.28. The van der Waals surface area contributed by atoms with Gasteiger partial charge < -0.3 is 4.74 Å². The van der Waals surface area contributed by atoms with Gasteiger partial charge in [-0.15, -0.1) is 0 Å². The van der Waals surface area contributed by atoms with Gasteiger partial charge in [0.15, 0.2) is 11.9 Å². The van der Waals surface area contributed by atoms with Crippen LogP contribution in [0.5, 0.6) is 0 Å². The summed E-state index contributed by atoms with van der Waals surface area (Å²) in [7, 11) is 0. The second-order valence-electron chi connectivity index (χ2n) is 3.93. The Labute approximate surface area is 108 Å². The highest BCUT2D eigenvalue weighted by atomic mass is 35.5. The molecule has 0 N–H and O–H groups in total. The monoisotopic (exact) mass is 272 g/mol. The van der Waals surface area contributed by atoms with Gasteiger partial charge in [0, 0.05) is 6.61 Å². The summed E-state index contributed by atoms with van der Waals surface area (Å²) < 4.78 is 7.39. The maximum atomic E-state index is 5.98. The molecule has 3 heterocycles. The molecule has 1 aliphatic heterocycles. The Kier molecular flexibility index (Phi) is 2.90. The minimum absolute atomic E-state index is 0.0803. The maximum Gasteiger partial charge on any atom is 0.225 e. The molecule has 2 aromatic heterocycles. The number of halogens is 2. The standard InChI is InChI=1S/C10H10Cl2N4O/c11-8-6-5-13-16(7-3-1-2-4-17-7)9(6)15-10(12)14-8/h5,7H,1-4H2/t7-/m0/s1.